The molecule has 0 unspecified atom stereocenters. The summed E-state index contributed by atoms with van der Waals surface area (Å²) in [4.78, 5) is 13.4. The van der Waals surface area contributed by atoms with E-state index in [1.807, 2.05) is 24.3 Å². The molecular weight excluding hydrogens is 270 g/mol. The first-order chi connectivity index (χ1) is 9.54. The number of rotatable bonds is 5. The Hall–Kier alpha value is -1.00. The minimum absolute atomic E-state index is 0.0278. The fraction of sp³-hybridized carbons (Fsp3) is 0.562. The van der Waals surface area contributed by atoms with E-state index in [1.165, 1.54) is 4.90 Å². The van der Waals surface area contributed by atoms with Crippen molar-refractivity contribution in [1.29, 1.82) is 0 Å². The van der Waals surface area contributed by atoms with Crippen LogP contribution in [0.25, 0.3) is 0 Å². The molecule has 2 rings (SSSR count). The number of amides is 1. The molecule has 110 valence electrons. The van der Waals surface area contributed by atoms with Crippen LogP contribution in [-0.2, 0) is 0 Å². The fourth-order valence-electron chi connectivity index (χ4n) is 2.64. The minimum atomic E-state index is -0.400. The van der Waals surface area contributed by atoms with Crippen LogP contribution in [0.1, 0.15) is 49.9 Å². The van der Waals surface area contributed by atoms with Crippen molar-refractivity contribution in [3.05, 3.63) is 29.8 Å². The summed E-state index contributed by atoms with van der Waals surface area (Å²) in [5, 5.41) is 13.1. The van der Waals surface area contributed by atoms with Gasteiger partial charge >= 0.3 is 0 Å². The lowest BCUT2D eigenvalue weighted by atomic mass is 9.98. The molecule has 1 fully saturated rings. The van der Waals surface area contributed by atoms with Gasteiger partial charge in [-0.15, -0.1) is 11.8 Å². The Morgan fingerprint density at radius 3 is 2.40 bits per heavy atom. The number of aliphatic hydroxyl groups excluding tert-OH is 1. The number of carbonyl (C=O) groups is 1. The molecule has 1 amide bonds. The summed E-state index contributed by atoms with van der Waals surface area (Å²) in [7, 11) is 0. The van der Waals surface area contributed by atoms with Crippen LogP contribution in [0.15, 0.2) is 29.2 Å². The number of nitrogens with one attached hydrogen (secondary N) is 1. The molecule has 1 aromatic rings. The summed E-state index contributed by atoms with van der Waals surface area (Å²) in [6.45, 7) is 4.33. The van der Waals surface area contributed by atoms with Crippen molar-refractivity contribution in [3.63, 3.8) is 0 Å². The molecule has 0 atom stereocenters. The quantitative estimate of drug-likeness (QED) is 0.820. The molecule has 0 aromatic heterocycles. The maximum Gasteiger partial charge on any atom is 0.251 e. The van der Waals surface area contributed by atoms with Gasteiger partial charge in [0.25, 0.3) is 5.91 Å². The van der Waals surface area contributed by atoms with E-state index >= 15 is 0 Å². The Morgan fingerprint density at radius 2 is 1.90 bits per heavy atom. The van der Waals surface area contributed by atoms with Gasteiger partial charge in [-0.25, -0.2) is 0 Å². The monoisotopic (exact) mass is 293 g/mol. The summed E-state index contributed by atoms with van der Waals surface area (Å²) in [6, 6.07) is 7.69. The van der Waals surface area contributed by atoms with Crippen LogP contribution in [0.4, 0.5) is 0 Å². The molecule has 1 aliphatic rings. The zero-order chi connectivity index (χ0) is 14.6. The highest BCUT2D eigenvalue weighted by molar-refractivity contribution is 7.99. The minimum Gasteiger partial charge on any atom is -0.394 e. The topological polar surface area (TPSA) is 49.3 Å². The maximum absolute atomic E-state index is 12.3. The van der Waals surface area contributed by atoms with Gasteiger partial charge in [-0.3, -0.25) is 4.79 Å². The fourth-order valence-corrected chi connectivity index (χ4v) is 3.48. The molecule has 0 saturated heterocycles. The molecule has 0 spiro atoms. The first-order valence-electron chi connectivity index (χ1n) is 7.25. The lowest BCUT2D eigenvalue weighted by molar-refractivity contribution is 0.0838. The van der Waals surface area contributed by atoms with Crippen molar-refractivity contribution in [2.45, 2.75) is 55.2 Å². The van der Waals surface area contributed by atoms with Crippen molar-refractivity contribution in [3.8, 4) is 0 Å². The van der Waals surface area contributed by atoms with E-state index in [4.69, 9.17) is 0 Å². The van der Waals surface area contributed by atoms with Crippen molar-refractivity contribution >= 4 is 17.7 Å². The number of benzene rings is 1. The Kier molecular flexibility index (Phi) is 5.11. The maximum atomic E-state index is 12.3. The van der Waals surface area contributed by atoms with Crippen molar-refractivity contribution in [2.24, 2.45) is 0 Å². The average molecular weight is 293 g/mol. The summed E-state index contributed by atoms with van der Waals surface area (Å²) < 4.78 is 0. The molecule has 1 aromatic carbocycles. The highest BCUT2D eigenvalue weighted by Crippen LogP contribution is 2.29. The third kappa shape index (κ3) is 3.76. The lowest BCUT2D eigenvalue weighted by Crippen LogP contribution is -2.49. The zero-order valence-electron chi connectivity index (χ0n) is 12.2. The molecule has 1 aliphatic carbocycles. The number of hydrogen-bond acceptors (Lipinski definition) is 3. The van der Waals surface area contributed by atoms with E-state index in [0.29, 0.717) is 10.8 Å². The van der Waals surface area contributed by atoms with E-state index in [2.05, 4.69) is 19.2 Å². The molecule has 2 N–H and O–H groups in total. The van der Waals surface area contributed by atoms with Gasteiger partial charge in [0.1, 0.15) is 0 Å². The molecule has 0 aliphatic heterocycles. The van der Waals surface area contributed by atoms with Crippen LogP contribution < -0.4 is 5.32 Å². The van der Waals surface area contributed by atoms with Crippen molar-refractivity contribution < 1.29 is 9.90 Å². The highest BCUT2D eigenvalue weighted by Gasteiger charge is 2.34. The summed E-state index contributed by atoms with van der Waals surface area (Å²) in [6.07, 6.45) is 3.89. The second-order valence-electron chi connectivity index (χ2n) is 5.79. The van der Waals surface area contributed by atoms with Gasteiger partial charge in [0.2, 0.25) is 0 Å². The van der Waals surface area contributed by atoms with Crippen LogP contribution in [0, 0.1) is 0 Å². The number of hydrogen-bond donors (Lipinski definition) is 2. The Labute approximate surface area is 125 Å². The Morgan fingerprint density at radius 1 is 1.30 bits per heavy atom. The van der Waals surface area contributed by atoms with Crippen LogP contribution in [0.2, 0.25) is 0 Å². The zero-order valence-corrected chi connectivity index (χ0v) is 13.0. The molecule has 0 bridgehead atoms. The molecule has 4 heteroatoms. The van der Waals surface area contributed by atoms with Crippen molar-refractivity contribution in [1.82, 2.24) is 5.32 Å². The Balaban J connectivity index is 2.02. The second kappa shape index (κ2) is 6.64. The van der Waals surface area contributed by atoms with Crippen LogP contribution in [0.3, 0.4) is 0 Å². The van der Waals surface area contributed by atoms with Crippen LogP contribution in [-0.4, -0.2) is 28.4 Å². The van der Waals surface area contributed by atoms with Gasteiger partial charge < -0.3 is 10.4 Å². The lowest BCUT2D eigenvalue weighted by Gasteiger charge is -2.28. The average Bonchev–Trinajstić information content (AvgIpc) is 2.88. The van der Waals surface area contributed by atoms with Gasteiger partial charge in [0.05, 0.1) is 12.1 Å². The Bertz CT molecular complexity index is 450. The van der Waals surface area contributed by atoms with E-state index in [9.17, 15) is 9.90 Å². The standard InChI is InChI=1S/C16H23NO2S/c1-12(2)20-14-7-5-13(6-8-14)15(19)17-16(11-18)9-3-4-10-16/h5-8,12,18H,3-4,9-11H2,1-2H3,(H,17,19). The van der Waals surface area contributed by atoms with E-state index in [-0.39, 0.29) is 12.5 Å². The molecule has 0 radical (unpaired) electrons. The normalized spacial score (nSPS) is 17.4. The predicted octanol–water partition coefficient (Wildman–Crippen LogP) is 3.22. The smallest absolute Gasteiger partial charge is 0.251 e. The summed E-state index contributed by atoms with van der Waals surface area (Å²) in [5.74, 6) is -0.0814. The van der Waals surface area contributed by atoms with Gasteiger partial charge in [-0.1, -0.05) is 26.7 Å². The summed E-state index contributed by atoms with van der Waals surface area (Å²) in [5.41, 5.74) is 0.264. The highest BCUT2D eigenvalue weighted by atomic mass is 32.2. The largest absolute Gasteiger partial charge is 0.394 e. The first-order valence-corrected chi connectivity index (χ1v) is 8.13. The third-order valence-corrected chi connectivity index (χ3v) is 4.75. The van der Waals surface area contributed by atoms with Gasteiger partial charge in [0.15, 0.2) is 0 Å². The van der Waals surface area contributed by atoms with Gasteiger partial charge in [0, 0.05) is 15.7 Å². The predicted molar refractivity (Wildman–Crippen MR) is 83.2 cm³/mol. The number of thioether (sulfide) groups is 1. The van der Waals surface area contributed by atoms with Crippen molar-refractivity contribution in [2.75, 3.05) is 6.61 Å². The van der Waals surface area contributed by atoms with E-state index in [0.717, 1.165) is 25.7 Å². The molecule has 0 heterocycles. The summed E-state index contributed by atoms with van der Waals surface area (Å²) >= 11 is 1.78. The number of carbonyl (C=O) groups excluding carboxylic acids is 1. The van der Waals surface area contributed by atoms with Gasteiger partial charge in [-0.2, -0.15) is 0 Å². The van der Waals surface area contributed by atoms with Crippen LogP contribution >= 0.6 is 11.8 Å². The molecular formula is C16H23NO2S. The first kappa shape index (κ1) is 15.4. The van der Waals surface area contributed by atoms with Gasteiger partial charge in [-0.05, 0) is 37.1 Å². The molecule has 3 nitrogen and oxygen atoms in total. The molecule has 1 saturated carbocycles. The third-order valence-electron chi connectivity index (χ3n) is 3.73. The van der Waals surface area contributed by atoms with E-state index in [1.54, 1.807) is 11.8 Å². The SMILES string of the molecule is CC(C)Sc1ccc(C(=O)NC2(CO)CCCC2)cc1. The number of aliphatic hydroxyl groups is 1. The van der Waals surface area contributed by atoms with Crippen LogP contribution in [0.5, 0.6) is 0 Å². The molecule has 20 heavy (non-hydrogen) atoms. The second-order valence-corrected chi connectivity index (χ2v) is 7.44. The van der Waals surface area contributed by atoms with E-state index < -0.39 is 5.54 Å².